The Hall–Kier alpha value is -1.88. The number of likely N-dealkylation sites (N-methyl/N-ethyl adjacent to an activating group) is 1. The first-order chi connectivity index (χ1) is 7.59. The molecule has 0 radical (unpaired) electrons. The molecule has 1 aromatic carbocycles. The molecule has 0 saturated carbocycles. The number of aromatic hydroxyl groups is 1. The van der Waals surface area contributed by atoms with E-state index in [1.165, 1.54) is 6.21 Å². The third kappa shape index (κ3) is 4.10. The molecule has 0 aliphatic heterocycles. The number of amides is 1. The van der Waals surface area contributed by atoms with Crippen LogP contribution in [0.25, 0.3) is 0 Å². The summed E-state index contributed by atoms with van der Waals surface area (Å²) < 4.78 is 0. The fourth-order valence-corrected chi connectivity index (χ4v) is 1.09. The number of phenolic OH excluding ortho intramolecular Hbond substituents is 1. The smallest absolute Gasteiger partial charge is 0.254 e. The van der Waals surface area contributed by atoms with Crippen molar-refractivity contribution in [3.63, 3.8) is 0 Å². The van der Waals surface area contributed by atoms with E-state index in [2.05, 4.69) is 10.5 Å². The van der Waals surface area contributed by atoms with Crippen LogP contribution in [0.1, 0.15) is 5.56 Å². The molecule has 0 aromatic heterocycles. The van der Waals surface area contributed by atoms with Crippen molar-refractivity contribution >= 4 is 12.1 Å². The summed E-state index contributed by atoms with van der Waals surface area (Å²) in [5, 5.41) is 13.2. The summed E-state index contributed by atoms with van der Waals surface area (Å²) in [7, 11) is 3.60. The number of benzene rings is 1. The molecule has 5 heteroatoms. The topological polar surface area (TPSA) is 64.9 Å². The number of nitrogens with one attached hydrogen (secondary N) is 1. The maximum Gasteiger partial charge on any atom is 0.254 e. The van der Waals surface area contributed by atoms with Gasteiger partial charge in [0.15, 0.2) is 0 Å². The minimum absolute atomic E-state index is 0.133. The van der Waals surface area contributed by atoms with E-state index in [1.807, 2.05) is 0 Å². The molecule has 2 N–H and O–H groups in total. The number of carbonyl (C=O) groups excluding carboxylic acids is 1. The largest absolute Gasteiger partial charge is 0.507 e. The van der Waals surface area contributed by atoms with Crippen LogP contribution in [0.2, 0.25) is 0 Å². The van der Waals surface area contributed by atoms with Gasteiger partial charge in [-0.05, 0) is 26.2 Å². The summed E-state index contributed by atoms with van der Waals surface area (Å²) in [6.45, 7) is 0.276. The van der Waals surface area contributed by atoms with Gasteiger partial charge in [-0.3, -0.25) is 4.79 Å². The molecule has 0 heterocycles. The van der Waals surface area contributed by atoms with Crippen molar-refractivity contribution in [1.82, 2.24) is 10.3 Å². The van der Waals surface area contributed by atoms with Crippen molar-refractivity contribution in [1.29, 1.82) is 0 Å². The highest BCUT2D eigenvalue weighted by atomic mass is 16.3. The Kier molecular flexibility index (Phi) is 4.47. The second kappa shape index (κ2) is 5.87. The van der Waals surface area contributed by atoms with E-state index in [1.54, 1.807) is 43.3 Å². The number of para-hydroxylation sites is 1. The van der Waals surface area contributed by atoms with E-state index in [-0.39, 0.29) is 18.2 Å². The number of carbonyl (C=O) groups is 1. The van der Waals surface area contributed by atoms with Crippen LogP contribution < -0.4 is 5.43 Å². The Morgan fingerprint density at radius 2 is 2.19 bits per heavy atom. The van der Waals surface area contributed by atoms with Gasteiger partial charge >= 0.3 is 0 Å². The molecule has 0 aliphatic carbocycles. The predicted octanol–water partition coefficient (Wildman–Crippen LogP) is 0.404. The second-order valence-corrected chi connectivity index (χ2v) is 3.59. The zero-order valence-corrected chi connectivity index (χ0v) is 9.34. The van der Waals surface area contributed by atoms with Gasteiger partial charge in [0.05, 0.1) is 12.8 Å². The first kappa shape index (κ1) is 12.2. The first-order valence-electron chi connectivity index (χ1n) is 4.84. The zero-order chi connectivity index (χ0) is 12.0. The minimum Gasteiger partial charge on any atom is -0.507 e. The third-order valence-electron chi connectivity index (χ3n) is 1.79. The van der Waals surface area contributed by atoms with Gasteiger partial charge in [-0.25, -0.2) is 5.43 Å². The van der Waals surface area contributed by atoms with E-state index in [0.29, 0.717) is 5.56 Å². The fraction of sp³-hybridized carbons (Fsp3) is 0.273. The molecular weight excluding hydrogens is 206 g/mol. The molecule has 0 fully saturated rings. The molecular formula is C11H15N3O2. The monoisotopic (exact) mass is 221 g/mol. The summed E-state index contributed by atoms with van der Waals surface area (Å²) in [4.78, 5) is 12.9. The van der Waals surface area contributed by atoms with Crippen molar-refractivity contribution < 1.29 is 9.90 Å². The van der Waals surface area contributed by atoms with Crippen LogP contribution in [0.5, 0.6) is 5.75 Å². The molecule has 5 nitrogen and oxygen atoms in total. The second-order valence-electron chi connectivity index (χ2n) is 3.59. The highest BCUT2D eigenvalue weighted by Gasteiger charge is 2.00. The van der Waals surface area contributed by atoms with Crippen LogP contribution in [0, 0.1) is 0 Å². The lowest BCUT2D eigenvalue weighted by atomic mass is 10.2. The van der Waals surface area contributed by atoms with E-state index >= 15 is 0 Å². The van der Waals surface area contributed by atoms with Gasteiger partial charge < -0.3 is 10.0 Å². The molecule has 1 aromatic rings. The summed E-state index contributed by atoms with van der Waals surface area (Å²) in [5.41, 5.74) is 2.93. The number of rotatable bonds is 4. The first-order valence-corrected chi connectivity index (χ1v) is 4.84. The van der Waals surface area contributed by atoms with Crippen LogP contribution in [0.3, 0.4) is 0 Å². The molecule has 0 saturated heterocycles. The van der Waals surface area contributed by atoms with Gasteiger partial charge in [0.25, 0.3) is 5.91 Å². The maximum atomic E-state index is 11.2. The lowest BCUT2D eigenvalue weighted by Crippen LogP contribution is -2.30. The molecule has 0 bridgehead atoms. The lowest BCUT2D eigenvalue weighted by molar-refractivity contribution is -0.121. The number of hydrazone groups is 1. The average molecular weight is 221 g/mol. The zero-order valence-electron chi connectivity index (χ0n) is 9.34. The molecule has 0 unspecified atom stereocenters. The van der Waals surface area contributed by atoms with Gasteiger partial charge in [-0.15, -0.1) is 0 Å². The quantitative estimate of drug-likeness (QED) is 0.571. The summed E-state index contributed by atoms with van der Waals surface area (Å²) in [5.74, 6) is -0.0650. The van der Waals surface area contributed by atoms with Crippen LogP contribution in [-0.4, -0.2) is 42.8 Å². The lowest BCUT2D eigenvalue weighted by Gasteiger charge is -2.06. The normalized spacial score (nSPS) is 10.9. The van der Waals surface area contributed by atoms with Crippen LogP contribution in [-0.2, 0) is 4.79 Å². The summed E-state index contributed by atoms with van der Waals surface area (Å²) >= 11 is 0. The van der Waals surface area contributed by atoms with Crippen LogP contribution in [0.4, 0.5) is 0 Å². The highest BCUT2D eigenvalue weighted by Crippen LogP contribution is 2.12. The van der Waals surface area contributed by atoms with Crippen molar-refractivity contribution in [2.75, 3.05) is 20.6 Å². The summed E-state index contributed by atoms with van der Waals surface area (Å²) in [6.07, 6.45) is 1.41. The van der Waals surface area contributed by atoms with E-state index in [9.17, 15) is 9.90 Å². The van der Waals surface area contributed by atoms with Crippen molar-refractivity contribution in [3.05, 3.63) is 29.8 Å². The highest BCUT2D eigenvalue weighted by molar-refractivity contribution is 5.85. The van der Waals surface area contributed by atoms with Crippen LogP contribution in [0.15, 0.2) is 29.4 Å². The van der Waals surface area contributed by atoms with E-state index in [0.717, 1.165) is 0 Å². The standard InChI is InChI=1S/C11H15N3O2/c1-14(2)8-11(16)13-12-7-9-5-3-4-6-10(9)15/h3-7,15H,8H2,1-2H3,(H,13,16)/b12-7+. The molecule has 86 valence electrons. The minimum atomic E-state index is -0.198. The molecule has 16 heavy (non-hydrogen) atoms. The molecule has 0 aliphatic rings. The van der Waals surface area contributed by atoms with Crippen LogP contribution >= 0.6 is 0 Å². The van der Waals surface area contributed by atoms with Gasteiger partial charge in [0.1, 0.15) is 5.75 Å². The average Bonchev–Trinajstić information content (AvgIpc) is 2.19. The number of hydrogen-bond donors (Lipinski definition) is 2. The van der Waals surface area contributed by atoms with Gasteiger partial charge in [-0.1, -0.05) is 12.1 Å². The Morgan fingerprint density at radius 1 is 1.50 bits per heavy atom. The van der Waals surface area contributed by atoms with E-state index in [4.69, 9.17) is 0 Å². The predicted molar refractivity (Wildman–Crippen MR) is 62.4 cm³/mol. The van der Waals surface area contributed by atoms with Gasteiger partial charge in [-0.2, -0.15) is 5.10 Å². The Balaban J connectivity index is 2.49. The molecule has 1 rings (SSSR count). The van der Waals surface area contributed by atoms with Crippen molar-refractivity contribution in [3.8, 4) is 5.75 Å². The molecule has 0 atom stereocenters. The SMILES string of the molecule is CN(C)CC(=O)N/N=C/c1ccccc1O. The summed E-state index contributed by atoms with van der Waals surface area (Å²) in [6, 6.07) is 6.76. The van der Waals surface area contributed by atoms with E-state index < -0.39 is 0 Å². The molecule has 1 amide bonds. The third-order valence-corrected chi connectivity index (χ3v) is 1.79. The Morgan fingerprint density at radius 3 is 2.81 bits per heavy atom. The Labute approximate surface area is 94.4 Å². The fourth-order valence-electron chi connectivity index (χ4n) is 1.09. The van der Waals surface area contributed by atoms with Crippen molar-refractivity contribution in [2.45, 2.75) is 0 Å². The Bertz CT molecular complexity index is 389. The number of phenols is 1. The van der Waals surface area contributed by atoms with Gasteiger partial charge in [0, 0.05) is 5.56 Å². The maximum absolute atomic E-state index is 11.2. The van der Waals surface area contributed by atoms with Gasteiger partial charge in [0.2, 0.25) is 0 Å². The van der Waals surface area contributed by atoms with Crippen molar-refractivity contribution in [2.24, 2.45) is 5.10 Å². The number of hydrogen-bond acceptors (Lipinski definition) is 4. The molecule has 0 spiro atoms. The number of nitrogens with zero attached hydrogens (tertiary/aromatic N) is 2.